The summed E-state index contributed by atoms with van der Waals surface area (Å²) in [4.78, 5) is 17.8. The fourth-order valence-corrected chi connectivity index (χ4v) is 0.856. The van der Waals surface area contributed by atoms with Gasteiger partial charge in [0.25, 0.3) is 5.56 Å². The summed E-state index contributed by atoms with van der Waals surface area (Å²) < 4.78 is 4.77. The second kappa shape index (κ2) is 3.18. The number of aromatic nitrogens is 2. The standard InChI is InChI=1S/C8H13N3O2/c1-8(2,9)7-10-4-5(13-3)6(12)11-7/h4H,9H2,1-3H3,(H,10,11,12). The van der Waals surface area contributed by atoms with Crippen molar-refractivity contribution in [1.82, 2.24) is 9.97 Å². The van der Waals surface area contributed by atoms with Crippen LogP contribution in [0.25, 0.3) is 0 Å². The van der Waals surface area contributed by atoms with Crippen LogP contribution in [0, 0.1) is 0 Å². The molecule has 0 aliphatic rings. The van der Waals surface area contributed by atoms with Crippen LogP contribution in [0.5, 0.6) is 5.75 Å². The van der Waals surface area contributed by atoms with E-state index >= 15 is 0 Å². The van der Waals surface area contributed by atoms with Crippen molar-refractivity contribution < 1.29 is 4.74 Å². The van der Waals surface area contributed by atoms with E-state index in [0.29, 0.717) is 5.82 Å². The van der Waals surface area contributed by atoms with E-state index in [2.05, 4.69) is 9.97 Å². The molecule has 0 aliphatic carbocycles. The van der Waals surface area contributed by atoms with Crippen LogP contribution in [0.1, 0.15) is 19.7 Å². The number of nitrogens with two attached hydrogens (primary N) is 1. The first-order chi connectivity index (χ1) is 5.95. The van der Waals surface area contributed by atoms with E-state index in [0.717, 1.165) is 0 Å². The second-order valence-corrected chi connectivity index (χ2v) is 3.35. The SMILES string of the molecule is COc1cnc(C(C)(C)N)[nH]c1=O. The predicted molar refractivity (Wildman–Crippen MR) is 48.6 cm³/mol. The quantitative estimate of drug-likeness (QED) is 0.674. The predicted octanol–water partition coefficient (Wildman–Crippen LogP) is -0.0277. The van der Waals surface area contributed by atoms with E-state index in [9.17, 15) is 4.79 Å². The molecule has 0 fully saturated rings. The Hall–Kier alpha value is -1.36. The lowest BCUT2D eigenvalue weighted by Crippen LogP contribution is -2.33. The van der Waals surface area contributed by atoms with Crippen molar-refractivity contribution >= 4 is 0 Å². The summed E-state index contributed by atoms with van der Waals surface area (Å²) in [5, 5.41) is 0. The fourth-order valence-electron chi connectivity index (χ4n) is 0.856. The number of H-pyrrole nitrogens is 1. The molecule has 5 nitrogen and oxygen atoms in total. The molecular weight excluding hydrogens is 170 g/mol. The van der Waals surface area contributed by atoms with Crippen LogP contribution in [0.2, 0.25) is 0 Å². The minimum atomic E-state index is -0.647. The van der Waals surface area contributed by atoms with Gasteiger partial charge in [-0.15, -0.1) is 0 Å². The summed E-state index contributed by atoms with van der Waals surface area (Å²) in [6.45, 7) is 3.52. The topological polar surface area (TPSA) is 81.0 Å². The second-order valence-electron chi connectivity index (χ2n) is 3.35. The molecule has 0 saturated carbocycles. The van der Waals surface area contributed by atoms with Gasteiger partial charge in [-0.2, -0.15) is 0 Å². The molecule has 0 unspecified atom stereocenters. The summed E-state index contributed by atoms with van der Waals surface area (Å²) in [5.74, 6) is 0.631. The zero-order chi connectivity index (χ0) is 10.1. The van der Waals surface area contributed by atoms with Crippen LogP contribution in [-0.2, 0) is 5.54 Å². The summed E-state index contributed by atoms with van der Waals surface area (Å²) in [6.07, 6.45) is 1.36. The lowest BCUT2D eigenvalue weighted by molar-refractivity contribution is 0.401. The molecule has 0 aromatic carbocycles. The molecule has 0 aliphatic heterocycles. The molecule has 1 rings (SSSR count). The Morgan fingerprint density at radius 1 is 1.62 bits per heavy atom. The van der Waals surface area contributed by atoms with E-state index < -0.39 is 5.54 Å². The van der Waals surface area contributed by atoms with Crippen molar-refractivity contribution in [2.24, 2.45) is 5.73 Å². The minimum Gasteiger partial charge on any atom is -0.490 e. The van der Waals surface area contributed by atoms with Crippen molar-refractivity contribution in [3.63, 3.8) is 0 Å². The average Bonchev–Trinajstić information content (AvgIpc) is 2.02. The highest BCUT2D eigenvalue weighted by Gasteiger charge is 2.17. The monoisotopic (exact) mass is 183 g/mol. The lowest BCUT2D eigenvalue weighted by Gasteiger charge is -2.16. The van der Waals surface area contributed by atoms with Gasteiger partial charge in [-0.05, 0) is 13.8 Å². The molecule has 0 radical (unpaired) electrons. The Balaban J connectivity index is 3.18. The third kappa shape index (κ3) is 2.06. The number of ether oxygens (including phenoxy) is 1. The van der Waals surface area contributed by atoms with Gasteiger partial charge < -0.3 is 15.5 Å². The molecule has 0 atom stereocenters. The molecular formula is C8H13N3O2. The van der Waals surface area contributed by atoms with Crippen molar-refractivity contribution in [2.75, 3.05) is 7.11 Å². The van der Waals surface area contributed by atoms with Gasteiger partial charge in [0.15, 0.2) is 0 Å². The Bertz CT molecular complexity index is 351. The molecule has 0 spiro atoms. The number of hydrogen-bond acceptors (Lipinski definition) is 4. The molecule has 13 heavy (non-hydrogen) atoms. The van der Waals surface area contributed by atoms with Gasteiger partial charge >= 0.3 is 0 Å². The Morgan fingerprint density at radius 3 is 2.62 bits per heavy atom. The van der Waals surface area contributed by atoms with E-state index in [1.54, 1.807) is 13.8 Å². The van der Waals surface area contributed by atoms with Crippen LogP contribution >= 0.6 is 0 Å². The van der Waals surface area contributed by atoms with E-state index in [4.69, 9.17) is 10.5 Å². The van der Waals surface area contributed by atoms with Gasteiger partial charge in [-0.1, -0.05) is 0 Å². The van der Waals surface area contributed by atoms with Crippen molar-refractivity contribution in [2.45, 2.75) is 19.4 Å². The third-order valence-corrected chi connectivity index (χ3v) is 1.60. The van der Waals surface area contributed by atoms with Crippen molar-refractivity contribution in [1.29, 1.82) is 0 Å². The van der Waals surface area contributed by atoms with Gasteiger partial charge in [-0.3, -0.25) is 4.79 Å². The molecule has 0 bridgehead atoms. The Morgan fingerprint density at radius 2 is 2.23 bits per heavy atom. The van der Waals surface area contributed by atoms with E-state index in [1.165, 1.54) is 13.3 Å². The van der Waals surface area contributed by atoms with Crippen LogP contribution in [0.4, 0.5) is 0 Å². The molecule has 1 aromatic rings. The number of rotatable bonds is 2. The highest BCUT2D eigenvalue weighted by atomic mass is 16.5. The van der Waals surface area contributed by atoms with Gasteiger partial charge in [0, 0.05) is 0 Å². The Labute approximate surface area is 75.9 Å². The average molecular weight is 183 g/mol. The summed E-state index contributed by atoms with van der Waals surface area (Å²) in [6, 6.07) is 0. The van der Waals surface area contributed by atoms with Crippen LogP contribution < -0.4 is 16.0 Å². The molecule has 72 valence electrons. The molecule has 0 amide bonds. The number of nitrogens with zero attached hydrogens (tertiary/aromatic N) is 1. The summed E-state index contributed by atoms with van der Waals surface area (Å²) in [7, 11) is 1.42. The number of hydrogen-bond donors (Lipinski definition) is 2. The largest absolute Gasteiger partial charge is 0.490 e. The molecule has 0 saturated heterocycles. The van der Waals surface area contributed by atoms with Crippen molar-refractivity contribution in [3.05, 3.63) is 22.4 Å². The maximum atomic E-state index is 11.2. The van der Waals surface area contributed by atoms with Crippen molar-refractivity contribution in [3.8, 4) is 5.75 Å². The summed E-state index contributed by atoms with van der Waals surface area (Å²) >= 11 is 0. The van der Waals surface area contributed by atoms with Gasteiger partial charge in [0.1, 0.15) is 5.82 Å². The zero-order valence-electron chi connectivity index (χ0n) is 7.92. The molecule has 1 aromatic heterocycles. The van der Waals surface area contributed by atoms with Gasteiger partial charge in [0.05, 0.1) is 18.8 Å². The molecule has 1 heterocycles. The van der Waals surface area contributed by atoms with Crippen LogP contribution in [-0.4, -0.2) is 17.1 Å². The first-order valence-electron chi connectivity index (χ1n) is 3.88. The number of methoxy groups -OCH3 is 1. The maximum absolute atomic E-state index is 11.2. The van der Waals surface area contributed by atoms with E-state index in [1.807, 2.05) is 0 Å². The molecule has 3 N–H and O–H groups in total. The van der Waals surface area contributed by atoms with Crippen LogP contribution in [0.15, 0.2) is 11.0 Å². The first kappa shape index (κ1) is 9.73. The van der Waals surface area contributed by atoms with Gasteiger partial charge in [-0.25, -0.2) is 4.98 Å². The first-order valence-corrected chi connectivity index (χ1v) is 3.88. The lowest BCUT2D eigenvalue weighted by atomic mass is 10.1. The third-order valence-electron chi connectivity index (χ3n) is 1.60. The van der Waals surface area contributed by atoms with E-state index in [-0.39, 0.29) is 11.3 Å². The zero-order valence-corrected chi connectivity index (χ0v) is 7.92. The number of nitrogens with one attached hydrogen (secondary N) is 1. The number of aromatic amines is 1. The molecule has 5 heteroatoms. The minimum absolute atomic E-state index is 0.188. The van der Waals surface area contributed by atoms with Crippen LogP contribution in [0.3, 0.4) is 0 Å². The maximum Gasteiger partial charge on any atom is 0.293 e. The van der Waals surface area contributed by atoms with Gasteiger partial charge in [0.2, 0.25) is 5.75 Å². The normalized spacial score (nSPS) is 11.4. The highest BCUT2D eigenvalue weighted by molar-refractivity contribution is 5.14. The fraction of sp³-hybridized carbons (Fsp3) is 0.500. The smallest absolute Gasteiger partial charge is 0.293 e. The highest BCUT2D eigenvalue weighted by Crippen LogP contribution is 2.10. The Kier molecular flexibility index (Phi) is 2.38. The summed E-state index contributed by atoms with van der Waals surface area (Å²) in [5.41, 5.74) is 4.78.